The lowest BCUT2D eigenvalue weighted by molar-refractivity contribution is -0.134. The van der Waals surface area contributed by atoms with Gasteiger partial charge in [-0.25, -0.2) is 14.8 Å². The van der Waals surface area contributed by atoms with Crippen LogP contribution in [0.2, 0.25) is 0 Å². The van der Waals surface area contributed by atoms with Gasteiger partial charge < -0.3 is 29.8 Å². The number of aromatic amines is 2. The van der Waals surface area contributed by atoms with Crippen molar-refractivity contribution >= 4 is 17.9 Å². The average molecular weight is 685 g/mol. The number of H-pyrrole nitrogens is 2. The van der Waals surface area contributed by atoms with Crippen molar-refractivity contribution in [1.82, 2.24) is 35.1 Å². The Labute approximate surface area is 297 Å². The molecule has 4 heterocycles. The number of aryl methyl sites for hydroxylation is 2. The summed E-state index contributed by atoms with van der Waals surface area (Å²) in [6.45, 7) is 1.30. The van der Waals surface area contributed by atoms with E-state index in [4.69, 9.17) is 14.7 Å². The highest BCUT2D eigenvalue weighted by Gasteiger charge is 2.37. The Kier molecular flexibility index (Phi) is 10.2. The van der Waals surface area contributed by atoms with Crippen LogP contribution in [0.15, 0.2) is 97.3 Å². The fourth-order valence-corrected chi connectivity index (χ4v) is 7.13. The maximum absolute atomic E-state index is 13.8. The van der Waals surface area contributed by atoms with Crippen LogP contribution in [-0.4, -0.2) is 67.8 Å². The molecule has 5 aromatic rings. The standard InChI is InChI=1S/C40H42N7O4/c1-51-40(50)45-36(30-12-6-3-7-13-30)39(49)47-23-9-15-34(47)37-41-25-31(43-37)21-18-27-16-19-29(20-17-27)32-26-42-38(44-32)33-14-8-22-46(33)35(48)24-28-10-4-2-5-11-28/h2-7,10-13,16-17,19-20,24-26,33-34,36H,8-9,14-15,18,21-23H2,1H3,(H,41,43)(H,42,44)(H,45,50)/t33-,34-,36+/m0/s1. The maximum Gasteiger partial charge on any atom is 0.407 e. The molecule has 261 valence electrons. The van der Waals surface area contributed by atoms with E-state index >= 15 is 0 Å². The summed E-state index contributed by atoms with van der Waals surface area (Å²) in [6.07, 6.45) is 9.89. The number of hydrogen-bond donors (Lipinski definition) is 3. The van der Waals surface area contributed by atoms with E-state index < -0.39 is 12.1 Å². The number of aromatic nitrogens is 4. The van der Waals surface area contributed by atoms with Gasteiger partial charge in [0.1, 0.15) is 17.7 Å². The number of carbonyl (C=O) groups is 3. The first-order chi connectivity index (χ1) is 25.0. The van der Waals surface area contributed by atoms with E-state index in [1.165, 1.54) is 12.7 Å². The summed E-state index contributed by atoms with van der Waals surface area (Å²) in [5.74, 6) is 1.39. The number of methoxy groups -OCH3 is 1. The number of rotatable bonds is 11. The van der Waals surface area contributed by atoms with Crippen molar-refractivity contribution < 1.29 is 19.1 Å². The third-order valence-electron chi connectivity index (χ3n) is 9.79. The molecule has 2 saturated heterocycles. The van der Waals surface area contributed by atoms with Crippen molar-refractivity contribution in [2.75, 3.05) is 20.2 Å². The van der Waals surface area contributed by atoms with Gasteiger partial charge in [-0.05, 0) is 55.2 Å². The molecule has 0 unspecified atom stereocenters. The van der Waals surface area contributed by atoms with Crippen LogP contribution in [0.1, 0.15) is 77.8 Å². The lowest BCUT2D eigenvalue weighted by Gasteiger charge is -2.28. The van der Waals surface area contributed by atoms with Crippen LogP contribution in [0, 0.1) is 6.42 Å². The molecule has 1 radical (unpaired) electrons. The van der Waals surface area contributed by atoms with Crippen molar-refractivity contribution in [3.63, 3.8) is 0 Å². The van der Waals surface area contributed by atoms with Crippen molar-refractivity contribution in [1.29, 1.82) is 0 Å². The Morgan fingerprint density at radius 2 is 1.47 bits per heavy atom. The molecule has 0 spiro atoms. The van der Waals surface area contributed by atoms with Crippen molar-refractivity contribution in [3.8, 4) is 11.3 Å². The molecule has 51 heavy (non-hydrogen) atoms. The number of amides is 3. The van der Waals surface area contributed by atoms with Gasteiger partial charge >= 0.3 is 6.09 Å². The van der Waals surface area contributed by atoms with Crippen LogP contribution in [0.5, 0.6) is 0 Å². The number of likely N-dealkylation sites (tertiary alicyclic amines) is 2. The largest absolute Gasteiger partial charge is 0.453 e. The molecule has 2 aromatic heterocycles. The minimum Gasteiger partial charge on any atom is -0.453 e. The summed E-state index contributed by atoms with van der Waals surface area (Å²) in [6, 6.07) is 26.2. The van der Waals surface area contributed by atoms with Crippen molar-refractivity contribution in [2.24, 2.45) is 0 Å². The van der Waals surface area contributed by atoms with Crippen LogP contribution in [0.25, 0.3) is 11.3 Å². The summed E-state index contributed by atoms with van der Waals surface area (Å²) in [5, 5.41) is 2.71. The number of nitrogens with zero attached hydrogens (tertiary/aromatic N) is 4. The maximum atomic E-state index is 13.8. The van der Waals surface area contributed by atoms with E-state index in [1.807, 2.05) is 78.0 Å². The first-order valence-electron chi connectivity index (χ1n) is 17.6. The molecule has 3 atom stereocenters. The number of hydrogen-bond acceptors (Lipinski definition) is 6. The lowest BCUT2D eigenvalue weighted by Crippen LogP contribution is -2.42. The zero-order valence-corrected chi connectivity index (χ0v) is 28.6. The van der Waals surface area contributed by atoms with E-state index in [0.29, 0.717) is 12.1 Å². The summed E-state index contributed by atoms with van der Waals surface area (Å²) >= 11 is 0. The first kappa shape index (κ1) is 33.8. The number of nitrogens with one attached hydrogen (secondary N) is 3. The number of alkyl carbamates (subject to hydrolysis) is 1. The molecule has 0 bridgehead atoms. The molecular formula is C40H42N7O4. The third-order valence-corrected chi connectivity index (χ3v) is 9.79. The van der Waals surface area contributed by atoms with Crippen LogP contribution < -0.4 is 5.32 Å². The van der Waals surface area contributed by atoms with Gasteiger partial charge in [0.15, 0.2) is 0 Å². The number of benzene rings is 3. The Morgan fingerprint density at radius 1 is 0.824 bits per heavy atom. The zero-order chi connectivity index (χ0) is 35.2. The minimum atomic E-state index is -0.852. The lowest BCUT2D eigenvalue weighted by atomic mass is 10.0. The molecule has 0 aliphatic carbocycles. The Bertz CT molecular complexity index is 1940. The number of ether oxygens (including phenoxy) is 1. The van der Waals surface area contributed by atoms with Gasteiger partial charge in [-0.2, -0.15) is 0 Å². The highest BCUT2D eigenvalue weighted by Crippen LogP contribution is 2.34. The number of carbonyl (C=O) groups excluding carboxylic acids is 3. The molecule has 3 amide bonds. The third kappa shape index (κ3) is 7.72. The van der Waals surface area contributed by atoms with E-state index in [9.17, 15) is 14.4 Å². The van der Waals surface area contributed by atoms with Gasteiger partial charge in [0, 0.05) is 31.0 Å². The van der Waals surface area contributed by atoms with Gasteiger partial charge in [-0.1, -0.05) is 84.9 Å². The molecule has 3 N–H and O–H groups in total. The second kappa shape index (κ2) is 15.5. The number of imidazole rings is 2. The summed E-state index contributed by atoms with van der Waals surface area (Å²) in [7, 11) is 1.29. The van der Waals surface area contributed by atoms with Gasteiger partial charge in [-0.3, -0.25) is 9.59 Å². The van der Waals surface area contributed by atoms with Crippen molar-refractivity contribution in [2.45, 2.75) is 56.7 Å². The van der Waals surface area contributed by atoms with Crippen LogP contribution in [0.4, 0.5) is 4.79 Å². The van der Waals surface area contributed by atoms with Gasteiger partial charge in [0.05, 0.1) is 37.0 Å². The molecule has 0 saturated carbocycles. The molecule has 11 nitrogen and oxygen atoms in total. The van der Waals surface area contributed by atoms with Crippen LogP contribution in [-0.2, 0) is 27.2 Å². The summed E-state index contributed by atoms with van der Waals surface area (Å²) in [5.41, 5.74) is 5.57. The topological polar surface area (TPSA) is 136 Å². The van der Waals surface area contributed by atoms with Crippen molar-refractivity contribution in [3.05, 3.63) is 138 Å². The Hall–Kier alpha value is -5.71. The van der Waals surface area contributed by atoms with Crippen LogP contribution >= 0.6 is 0 Å². The van der Waals surface area contributed by atoms with E-state index in [2.05, 4.69) is 39.6 Å². The second-order valence-electron chi connectivity index (χ2n) is 13.1. The smallest absolute Gasteiger partial charge is 0.407 e. The average Bonchev–Trinajstić information content (AvgIpc) is 4.00. The SMILES string of the molecule is COC(=O)N[C@@H](C(=O)N1CCC[C@H]1c1nc(CCc2ccc(-c3c[nH]c([C@@H]4CCCN4C(=O)[CH]c4ccccc4)n3)cc2)c[nH]1)c1ccccc1. The van der Waals surface area contributed by atoms with Gasteiger partial charge in [0.25, 0.3) is 5.91 Å². The van der Waals surface area contributed by atoms with Crippen LogP contribution in [0.3, 0.4) is 0 Å². The predicted octanol–water partition coefficient (Wildman–Crippen LogP) is 6.26. The highest BCUT2D eigenvalue weighted by atomic mass is 16.5. The van der Waals surface area contributed by atoms with Gasteiger partial charge in [-0.15, -0.1) is 0 Å². The predicted molar refractivity (Wildman–Crippen MR) is 192 cm³/mol. The summed E-state index contributed by atoms with van der Waals surface area (Å²) < 4.78 is 4.81. The minimum absolute atomic E-state index is 0.00808. The molecule has 7 rings (SSSR count). The fourth-order valence-electron chi connectivity index (χ4n) is 7.13. The molecule has 2 aliphatic heterocycles. The second-order valence-corrected chi connectivity index (χ2v) is 13.1. The van der Waals surface area contributed by atoms with Gasteiger partial charge in [0.2, 0.25) is 5.91 Å². The molecule has 2 aliphatic rings. The van der Waals surface area contributed by atoms with E-state index in [0.717, 1.165) is 79.2 Å². The Balaban J connectivity index is 0.956. The van der Waals surface area contributed by atoms with E-state index in [1.54, 1.807) is 11.3 Å². The Morgan fingerprint density at radius 3 is 2.20 bits per heavy atom. The normalized spacial score (nSPS) is 17.7. The monoisotopic (exact) mass is 684 g/mol. The molecule has 3 aromatic carbocycles. The first-order valence-corrected chi connectivity index (χ1v) is 17.6. The fraction of sp³-hybridized carbons (Fsp3) is 0.300. The van der Waals surface area contributed by atoms with E-state index in [-0.39, 0.29) is 23.9 Å². The zero-order valence-electron chi connectivity index (χ0n) is 28.6. The highest BCUT2D eigenvalue weighted by molar-refractivity contribution is 5.89. The quantitative estimate of drug-likeness (QED) is 0.150. The molecular weight excluding hydrogens is 642 g/mol. The molecule has 2 fully saturated rings. The summed E-state index contributed by atoms with van der Waals surface area (Å²) in [4.78, 5) is 59.2. The molecule has 11 heteroatoms.